The Hall–Kier alpha value is -1.34. The van der Waals surface area contributed by atoms with E-state index in [2.05, 4.69) is 29.2 Å². The summed E-state index contributed by atoms with van der Waals surface area (Å²) < 4.78 is 0. The van der Waals surface area contributed by atoms with Gasteiger partial charge in [0, 0.05) is 18.4 Å². The molecule has 3 nitrogen and oxygen atoms in total. The van der Waals surface area contributed by atoms with E-state index in [0.29, 0.717) is 6.04 Å². The highest BCUT2D eigenvalue weighted by Gasteiger charge is 2.36. The molecule has 1 aliphatic heterocycles. The molecule has 0 aromatic carbocycles. The van der Waals surface area contributed by atoms with Crippen LogP contribution in [0.3, 0.4) is 0 Å². The van der Waals surface area contributed by atoms with Crippen LogP contribution in [0.5, 0.6) is 0 Å². The molecule has 1 saturated heterocycles. The normalized spacial score (nSPS) is 26.1. The third-order valence-corrected chi connectivity index (χ3v) is 3.82. The number of aromatic nitrogens is 1. The van der Waals surface area contributed by atoms with E-state index in [1.165, 1.54) is 44.8 Å². The van der Waals surface area contributed by atoms with Gasteiger partial charge < -0.3 is 0 Å². The van der Waals surface area contributed by atoms with E-state index < -0.39 is 0 Å². The third kappa shape index (κ3) is 2.35. The summed E-state index contributed by atoms with van der Waals surface area (Å²) in [6.45, 7) is 1.25. The lowest BCUT2D eigenvalue weighted by atomic mass is 9.81. The first kappa shape index (κ1) is 12.1. The second-order valence-corrected chi connectivity index (χ2v) is 4.81. The van der Waals surface area contributed by atoms with Crippen molar-refractivity contribution in [1.29, 1.82) is 5.26 Å². The van der Waals surface area contributed by atoms with Crippen LogP contribution < -0.4 is 0 Å². The average molecular weight is 227 g/mol. The molecule has 3 rings (SSSR count). The Morgan fingerprint density at radius 1 is 1.53 bits per heavy atom. The van der Waals surface area contributed by atoms with E-state index in [1.54, 1.807) is 5.97 Å². The van der Waals surface area contributed by atoms with Gasteiger partial charge in [0.05, 0.1) is 0 Å². The maximum atomic E-state index is 7.32. The zero-order valence-electron chi connectivity index (χ0n) is 10.6. The predicted molar refractivity (Wildman–Crippen MR) is 70.2 cm³/mol. The Kier molecular flexibility index (Phi) is 3.80. The van der Waals surface area contributed by atoms with Crippen molar-refractivity contribution in [3.8, 4) is 5.97 Å². The molecule has 2 aliphatic rings. The Bertz CT molecular complexity index is 427. The second-order valence-electron chi connectivity index (χ2n) is 4.81. The van der Waals surface area contributed by atoms with Gasteiger partial charge in [-0.25, -0.2) is 5.26 Å². The van der Waals surface area contributed by atoms with Crippen molar-refractivity contribution in [2.45, 2.75) is 25.3 Å². The summed E-state index contributed by atoms with van der Waals surface area (Å²) in [5.74, 6) is 2.64. The van der Waals surface area contributed by atoms with Gasteiger partial charge in [-0.3, -0.25) is 9.88 Å². The van der Waals surface area contributed by atoms with Crippen molar-refractivity contribution >= 4 is 7.85 Å². The zero-order chi connectivity index (χ0) is 12.3. The van der Waals surface area contributed by atoms with Gasteiger partial charge in [0.25, 0.3) is 0 Å². The Morgan fingerprint density at radius 2 is 2.29 bits per heavy atom. The minimum Gasteiger partial charge on any atom is -0.299 e. The van der Waals surface area contributed by atoms with Gasteiger partial charge in [-0.2, -0.15) is 0 Å². The van der Waals surface area contributed by atoms with Gasteiger partial charge >= 0.3 is 0 Å². The summed E-state index contributed by atoms with van der Waals surface area (Å²) in [5, 5.41) is 7.32. The average Bonchev–Trinajstić information content (AvgIpc) is 2.73. The molecular formula is C13H18BN3. The van der Waals surface area contributed by atoms with Gasteiger partial charge in [-0.15, -0.1) is 0 Å². The number of nitrogens with zero attached hydrogens (tertiary/aromatic N) is 3. The third-order valence-electron chi connectivity index (χ3n) is 3.82. The van der Waals surface area contributed by atoms with Crippen molar-refractivity contribution in [3.63, 3.8) is 0 Å². The molecule has 0 N–H and O–H groups in total. The summed E-state index contributed by atoms with van der Waals surface area (Å²) in [7, 11) is 3.67. The van der Waals surface area contributed by atoms with Crippen LogP contribution in [-0.4, -0.2) is 31.3 Å². The summed E-state index contributed by atoms with van der Waals surface area (Å²) in [6.07, 6.45) is 8.00. The van der Waals surface area contributed by atoms with Crippen LogP contribution >= 0.6 is 0 Å². The number of hydrogen-bond acceptors (Lipinski definition) is 3. The highest BCUT2D eigenvalue weighted by Crippen LogP contribution is 2.43. The standard InChI is InChI=1S/C12H16N2.CH2BN/c1-14-7-5-10-3-2-9-4-6-13-8-11(9)12(10)14;2-1-3/h4,6,8,10,12H,2-3,5,7H2,1H3;2H2/t10-,12+;/m0./s1. The van der Waals surface area contributed by atoms with E-state index >= 15 is 0 Å². The molecule has 0 radical (unpaired) electrons. The molecule has 2 atom stereocenters. The summed E-state index contributed by atoms with van der Waals surface area (Å²) >= 11 is 0. The number of pyridine rings is 1. The fourth-order valence-corrected chi connectivity index (χ4v) is 3.09. The Balaban J connectivity index is 0.000000329. The Labute approximate surface area is 104 Å². The smallest absolute Gasteiger partial charge is 0.232 e. The lowest BCUT2D eigenvalue weighted by Gasteiger charge is -2.31. The van der Waals surface area contributed by atoms with Crippen LogP contribution in [0.1, 0.15) is 30.0 Å². The first-order valence-corrected chi connectivity index (χ1v) is 6.21. The molecule has 0 spiro atoms. The minimum absolute atomic E-state index is 0.660. The van der Waals surface area contributed by atoms with Gasteiger partial charge in [0.15, 0.2) is 0 Å². The summed E-state index contributed by atoms with van der Waals surface area (Å²) in [6, 6.07) is 2.85. The maximum Gasteiger partial charge on any atom is 0.232 e. The monoisotopic (exact) mass is 227 g/mol. The molecular weight excluding hydrogens is 209 g/mol. The summed E-state index contributed by atoms with van der Waals surface area (Å²) in [5.41, 5.74) is 3.01. The minimum atomic E-state index is 0.660. The van der Waals surface area contributed by atoms with E-state index in [1.807, 2.05) is 6.20 Å². The number of rotatable bonds is 0. The number of fused-ring (bicyclic) bond motifs is 3. The summed E-state index contributed by atoms with van der Waals surface area (Å²) in [4.78, 5) is 6.76. The van der Waals surface area contributed by atoms with Crippen LogP contribution in [0.4, 0.5) is 0 Å². The fraction of sp³-hybridized carbons (Fsp3) is 0.538. The lowest BCUT2D eigenvalue weighted by Crippen LogP contribution is -2.25. The molecule has 1 fully saturated rings. The van der Waals surface area contributed by atoms with Crippen LogP contribution in [0.15, 0.2) is 18.5 Å². The second kappa shape index (κ2) is 5.33. The highest BCUT2D eigenvalue weighted by molar-refractivity contribution is 6.20. The molecule has 1 aliphatic carbocycles. The van der Waals surface area contributed by atoms with Crippen LogP contribution in [0, 0.1) is 17.1 Å². The van der Waals surface area contributed by atoms with E-state index in [0.717, 1.165) is 5.92 Å². The molecule has 2 heterocycles. The molecule has 0 unspecified atom stereocenters. The van der Waals surface area contributed by atoms with Crippen molar-refractivity contribution in [3.05, 3.63) is 29.6 Å². The number of nitriles is 1. The predicted octanol–water partition coefficient (Wildman–Crippen LogP) is 1.12. The van der Waals surface area contributed by atoms with Gasteiger partial charge in [-0.05, 0) is 61.9 Å². The quantitative estimate of drug-likeness (QED) is 0.623. The molecule has 1 aromatic heterocycles. The first-order chi connectivity index (χ1) is 8.27. The molecule has 4 heteroatoms. The highest BCUT2D eigenvalue weighted by atomic mass is 15.2. The number of hydrogen-bond donors (Lipinski definition) is 0. The topological polar surface area (TPSA) is 39.9 Å². The van der Waals surface area contributed by atoms with E-state index in [-0.39, 0.29) is 0 Å². The van der Waals surface area contributed by atoms with Gasteiger partial charge in [0.2, 0.25) is 7.85 Å². The van der Waals surface area contributed by atoms with Crippen molar-refractivity contribution < 1.29 is 0 Å². The molecule has 17 heavy (non-hydrogen) atoms. The van der Waals surface area contributed by atoms with Gasteiger partial charge in [0.1, 0.15) is 0 Å². The van der Waals surface area contributed by atoms with Crippen molar-refractivity contribution in [2.24, 2.45) is 5.92 Å². The number of aryl methyl sites for hydroxylation is 1. The van der Waals surface area contributed by atoms with Crippen LogP contribution in [0.25, 0.3) is 0 Å². The SMILES string of the molecule is BC#N.CN1CC[C@@H]2CCc3ccncc3[C@@H]21. The zero-order valence-corrected chi connectivity index (χ0v) is 10.6. The Morgan fingerprint density at radius 3 is 3.06 bits per heavy atom. The van der Waals surface area contributed by atoms with Gasteiger partial charge in [-0.1, -0.05) is 0 Å². The maximum absolute atomic E-state index is 7.32. The van der Waals surface area contributed by atoms with Crippen LogP contribution in [0.2, 0.25) is 0 Å². The molecule has 0 saturated carbocycles. The van der Waals surface area contributed by atoms with Crippen molar-refractivity contribution in [2.75, 3.05) is 13.6 Å². The molecule has 1 aromatic rings. The molecule has 0 amide bonds. The van der Waals surface area contributed by atoms with E-state index in [9.17, 15) is 0 Å². The van der Waals surface area contributed by atoms with Crippen LogP contribution in [-0.2, 0) is 6.42 Å². The van der Waals surface area contributed by atoms with E-state index in [4.69, 9.17) is 5.26 Å². The number of likely N-dealkylation sites (tertiary alicyclic amines) is 1. The molecule has 88 valence electrons. The fourth-order valence-electron chi connectivity index (χ4n) is 3.09. The largest absolute Gasteiger partial charge is 0.299 e. The molecule has 0 bridgehead atoms. The van der Waals surface area contributed by atoms with Crippen molar-refractivity contribution in [1.82, 2.24) is 9.88 Å². The lowest BCUT2D eigenvalue weighted by molar-refractivity contribution is 0.256. The first-order valence-electron chi connectivity index (χ1n) is 6.21.